The Balaban J connectivity index is 2.11. The fraction of sp³-hybridized carbons (Fsp3) is 0.0714. The predicted molar refractivity (Wildman–Crippen MR) is 86.7 cm³/mol. The van der Waals surface area contributed by atoms with Crippen LogP contribution in [0.4, 0.5) is 0 Å². The molecule has 0 atom stereocenters. The Morgan fingerprint density at radius 1 is 1.23 bits per heavy atom. The molecular weight excluding hydrogens is 372 g/mol. The van der Waals surface area contributed by atoms with E-state index in [9.17, 15) is 13.5 Å². The summed E-state index contributed by atoms with van der Waals surface area (Å²) in [6.45, 7) is 0. The molecule has 2 rings (SSSR count). The van der Waals surface area contributed by atoms with Crippen molar-refractivity contribution >= 4 is 32.2 Å². The molecule has 0 fully saturated rings. The van der Waals surface area contributed by atoms with Gasteiger partial charge in [-0.15, -0.1) is 0 Å². The molecule has 0 radical (unpaired) electrons. The molecule has 0 saturated carbocycles. The summed E-state index contributed by atoms with van der Waals surface area (Å²) in [4.78, 5) is 2.21. The molecule has 116 valence electrons. The second-order valence-electron chi connectivity index (χ2n) is 4.24. The molecule has 2 aromatic rings. The molecule has 0 amide bonds. The smallest absolute Gasteiger partial charge is 0.276 e. The maximum absolute atomic E-state index is 12.0. The molecule has 0 aliphatic carbocycles. The van der Waals surface area contributed by atoms with E-state index in [2.05, 4.69) is 25.9 Å². The molecule has 0 heterocycles. The molecule has 8 heteroatoms. The van der Waals surface area contributed by atoms with Crippen LogP contribution in [0.5, 0.6) is 11.5 Å². The number of halogens is 1. The first kappa shape index (κ1) is 16.3. The van der Waals surface area contributed by atoms with Crippen molar-refractivity contribution in [3.8, 4) is 11.5 Å². The van der Waals surface area contributed by atoms with Crippen LogP contribution in [0, 0.1) is 0 Å². The van der Waals surface area contributed by atoms with Crippen LogP contribution in [0.25, 0.3) is 0 Å². The zero-order valence-electron chi connectivity index (χ0n) is 11.5. The number of benzene rings is 2. The standard InChI is InChI=1S/C14H13BrN2O4S/c1-21-14-7-2-10(8-13(14)18)9-16-17-22(19,20)12-5-3-11(15)4-6-12/h2-9,17-18H,1H3/b16-9+. The summed E-state index contributed by atoms with van der Waals surface area (Å²) in [5.74, 6) is 0.273. The first-order chi connectivity index (χ1) is 10.4. The number of nitrogens with zero attached hydrogens (tertiary/aromatic N) is 1. The van der Waals surface area contributed by atoms with Crippen molar-refractivity contribution in [2.75, 3.05) is 7.11 Å². The number of phenols is 1. The maximum Gasteiger partial charge on any atom is 0.276 e. The quantitative estimate of drug-likeness (QED) is 0.612. The van der Waals surface area contributed by atoms with E-state index in [0.29, 0.717) is 11.3 Å². The topological polar surface area (TPSA) is 88.0 Å². The van der Waals surface area contributed by atoms with Crippen molar-refractivity contribution in [1.29, 1.82) is 0 Å². The Kier molecular flexibility index (Phi) is 5.04. The summed E-state index contributed by atoms with van der Waals surface area (Å²) in [7, 11) is -2.29. The molecule has 0 aromatic heterocycles. The van der Waals surface area contributed by atoms with Gasteiger partial charge in [0, 0.05) is 4.47 Å². The van der Waals surface area contributed by atoms with Gasteiger partial charge in [0.2, 0.25) is 0 Å². The van der Waals surface area contributed by atoms with Crippen molar-refractivity contribution < 1.29 is 18.3 Å². The highest BCUT2D eigenvalue weighted by molar-refractivity contribution is 9.10. The fourth-order valence-corrected chi connectivity index (χ4v) is 2.68. The number of hydrogen-bond donors (Lipinski definition) is 2. The van der Waals surface area contributed by atoms with E-state index in [4.69, 9.17) is 4.74 Å². The lowest BCUT2D eigenvalue weighted by Crippen LogP contribution is -2.18. The van der Waals surface area contributed by atoms with Crippen molar-refractivity contribution in [3.63, 3.8) is 0 Å². The van der Waals surface area contributed by atoms with Crippen LogP contribution in [-0.2, 0) is 10.0 Å². The first-order valence-electron chi connectivity index (χ1n) is 6.10. The van der Waals surface area contributed by atoms with Gasteiger partial charge in [0.1, 0.15) is 0 Å². The Bertz CT molecular complexity index is 789. The summed E-state index contributed by atoms with van der Waals surface area (Å²) in [6.07, 6.45) is 1.29. The molecule has 2 N–H and O–H groups in total. The van der Waals surface area contributed by atoms with Gasteiger partial charge in [-0.3, -0.25) is 0 Å². The minimum absolute atomic E-state index is 0.0535. The van der Waals surface area contributed by atoms with Crippen molar-refractivity contribution in [2.24, 2.45) is 5.10 Å². The van der Waals surface area contributed by atoms with Crippen molar-refractivity contribution in [2.45, 2.75) is 4.90 Å². The molecule has 0 saturated heterocycles. The third kappa shape index (κ3) is 3.99. The first-order valence-corrected chi connectivity index (χ1v) is 8.37. The van der Waals surface area contributed by atoms with Crippen LogP contribution in [-0.4, -0.2) is 26.8 Å². The van der Waals surface area contributed by atoms with Crippen LogP contribution in [0.3, 0.4) is 0 Å². The molecule has 22 heavy (non-hydrogen) atoms. The third-order valence-electron chi connectivity index (χ3n) is 2.71. The molecule has 0 bridgehead atoms. The van der Waals surface area contributed by atoms with E-state index in [1.807, 2.05) is 0 Å². The third-order valence-corrected chi connectivity index (χ3v) is 4.48. The van der Waals surface area contributed by atoms with Gasteiger partial charge in [-0.25, -0.2) is 4.83 Å². The number of hydrogen-bond acceptors (Lipinski definition) is 5. The van der Waals surface area contributed by atoms with E-state index in [1.54, 1.807) is 24.3 Å². The van der Waals surface area contributed by atoms with Crippen molar-refractivity contribution in [3.05, 3.63) is 52.5 Å². The Labute approximate surface area is 136 Å². The highest BCUT2D eigenvalue weighted by atomic mass is 79.9. The van der Waals surface area contributed by atoms with E-state index in [0.717, 1.165) is 4.47 Å². The lowest BCUT2D eigenvalue weighted by molar-refractivity contribution is 0.373. The average molecular weight is 385 g/mol. The van der Waals surface area contributed by atoms with E-state index in [1.165, 1.54) is 31.5 Å². The minimum atomic E-state index is -3.73. The Morgan fingerprint density at radius 2 is 1.91 bits per heavy atom. The number of aromatic hydroxyl groups is 1. The normalized spacial score (nSPS) is 11.5. The maximum atomic E-state index is 12.0. The van der Waals surface area contributed by atoms with E-state index in [-0.39, 0.29) is 10.6 Å². The van der Waals surface area contributed by atoms with Crippen LogP contribution in [0.15, 0.2) is 56.9 Å². The molecule has 0 aliphatic rings. The summed E-state index contributed by atoms with van der Waals surface area (Å²) in [5, 5.41) is 13.3. The van der Waals surface area contributed by atoms with Gasteiger partial charge in [0.25, 0.3) is 10.0 Å². The number of methoxy groups -OCH3 is 1. The number of hydrazone groups is 1. The van der Waals surface area contributed by atoms with Crippen LogP contribution in [0.2, 0.25) is 0 Å². The molecule has 0 aliphatic heterocycles. The van der Waals surface area contributed by atoms with Crippen molar-refractivity contribution in [1.82, 2.24) is 4.83 Å². The lowest BCUT2D eigenvalue weighted by atomic mass is 10.2. The molecule has 0 unspecified atom stereocenters. The lowest BCUT2D eigenvalue weighted by Gasteiger charge is -2.04. The summed E-state index contributed by atoms with van der Waals surface area (Å²) < 4.78 is 29.7. The highest BCUT2D eigenvalue weighted by Gasteiger charge is 2.11. The molecule has 0 spiro atoms. The van der Waals surface area contributed by atoms with Gasteiger partial charge in [-0.05, 0) is 48.0 Å². The number of sulfonamides is 1. The van der Waals surface area contributed by atoms with E-state index < -0.39 is 10.0 Å². The fourth-order valence-electron chi connectivity index (χ4n) is 1.62. The Morgan fingerprint density at radius 3 is 2.50 bits per heavy atom. The number of ether oxygens (including phenoxy) is 1. The molecule has 2 aromatic carbocycles. The van der Waals surface area contributed by atoms with Gasteiger partial charge in [-0.1, -0.05) is 15.9 Å². The minimum Gasteiger partial charge on any atom is -0.504 e. The summed E-state index contributed by atoms with van der Waals surface area (Å²) in [6, 6.07) is 10.8. The van der Waals surface area contributed by atoms with Gasteiger partial charge >= 0.3 is 0 Å². The molecular formula is C14H13BrN2O4S. The van der Waals surface area contributed by atoms with E-state index >= 15 is 0 Å². The van der Waals surface area contributed by atoms with Gasteiger partial charge in [0.15, 0.2) is 11.5 Å². The van der Waals surface area contributed by atoms with Gasteiger partial charge in [-0.2, -0.15) is 13.5 Å². The zero-order valence-corrected chi connectivity index (χ0v) is 13.9. The number of phenolic OH excluding ortho intramolecular Hbond substituents is 1. The monoisotopic (exact) mass is 384 g/mol. The SMILES string of the molecule is COc1ccc(/C=N/NS(=O)(=O)c2ccc(Br)cc2)cc1O. The summed E-state index contributed by atoms with van der Waals surface area (Å²) >= 11 is 3.24. The van der Waals surface area contributed by atoms with Gasteiger partial charge in [0.05, 0.1) is 18.2 Å². The predicted octanol–water partition coefficient (Wildman–Crippen LogP) is 2.48. The summed E-state index contributed by atoms with van der Waals surface area (Å²) in [5.41, 5.74) is 0.525. The number of rotatable bonds is 5. The van der Waals surface area contributed by atoms with Gasteiger partial charge < -0.3 is 9.84 Å². The van der Waals surface area contributed by atoms with Crippen LogP contribution in [0.1, 0.15) is 5.56 Å². The zero-order chi connectivity index (χ0) is 16.2. The average Bonchev–Trinajstić information content (AvgIpc) is 2.48. The number of nitrogens with one attached hydrogen (secondary N) is 1. The van der Waals surface area contributed by atoms with Crippen LogP contribution >= 0.6 is 15.9 Å². The highest BCUT2D eigenvalue weighted by Crippen LogP contribution is 2.25. The largest absolute Gasteiger partial charge is 0.504 e. The Hall–Kier alpha value is -2.06. The molecule has 6 nitrogen and oxygen atoms in total. The second-order valence-corrected chi connectivity index (χ2v) is 6.81. The second kappa shape index (κ2) is 6.80. The van der Waals surface area contributed by atoms with Crippen LogP contribution < -0.4 is 9.57 Å².